The SMILES string of the molecule is CN=C(NCCCc1nnc2ccccn12)NCc1ccc(C)cc1OCC(F)(F)F.I. The van der Waals surface area contributed by atoms with E-state index in [2.05, 4.69) is 25.8 Å². The molecule has 32 heavy (non-hydrogen) atoms. The second-order valence-corrected chi connectivity index (χ2v) is 7.02. The van der Waals surface area contributed by atoms with Gasteiger partial charge in [0.25, 0.3) is 0 Å². The molecule has 0 aliphatic rings. The maximum Gasteiger partial charge on any atom is 0.422 e. The zero-order valence-corrected chi connectivity index (χ0v) is 20.1. The topological polar surface area (TPSA) is 75.8 Å². The summed E-state index contributed by atoms with van der Waals surface area (Å²) in [6.07, 6.45) is -0.913. The number of hydrogen-bond donors (Lipinski definition) is 2. The number of halogens is 4. The molecule has 11 heteroatoms. The van der Waals surface area contributed by atoms with Crippen LogP contribution in [0.4, 0.5) is 13.2 Å². The summed E-state index contributed by atoms with van der Waals surface area (Å²) in [5.74, 6) is 1.64. The Balaban J connectivity index is 0.00000363. The van der Waals surface area contributed by atoms with Gasteiger partial charge in [-0.05, 0) is 37.1 Å². The van der Waals surface area contributed by atoms with Crippen LogP contribution in [-0.2, 0) is 13.0 Å². The number of guanidine groups is 1. The molecule has 0 radical (unpaired) electrons. The lowest BCUT2D eigenvalue weighted by atomic mass is 10.1. The van der Waals surface area contributed by atoms with Gasteiger partial charge < -0.3 is 15.4 Å². The molecule has 0 unspecified atom stereocenters. The van der Waals surface area contributed by atoms with Gasteiger partial charge in [0, 0.05) is 38.3 Å². The summed E-state index contributed by atoms with van der Waals surface area (Å²) in [7, 11) is 1.64. The lowest BCUT2D eigenvalue weighted by Gasteiger charge is -2.16. The van der Waals surface area contributed by atoms with Crippen LogP contribution in [0.15, 0.2) is 47.6 Å². The van der Waals surface area contributed by atoms with Crippen molar-refractivity contribution in [1.29, 1.82) is 0 Å². The van der Waals surface area contributed by atoms with Crippen molar-refractivity contribution in [2.75, 3.05) is 20.2 Å². The van der Waals surface area contributed by atoms with Crippen molar-refractivity contribution in [2.24, 2.45) is 4.99 Å². The minimum atomic E-state index is -4.39. The lowest BCUT2D eigenvalue weighted by molar-refractivity contribution is -0.153. The molecule has 1 aromatic carbocycles. The Morgan fingerprint density at radius 2 is 1.97 bits per heavy atom. The predicted octanol–water partition coefficient (Wildman–Crippen LogP) is 3.89. The first-order valence-corrected chi connectivity index (χ1v) is 9.88. The minimum absolute atomic E-state index is 0. The summed E-state index contributed by atoms with van der Waals surface area (Å²) in [5.41, 5.74) is 2.25. The molecule has 7 nitrogen and oxygen atoms in total. The molecule has 2 N–H and O–H groups in total. The number of aliphatic imine (C=N–C) groups is 1. The van der Waals surface area contributed by atoms with Crippen LogP contribution in [0, 0.1) is 6.92 Å². The predicted molar refractivity (Wildman–Crippen MR) is 128 cm³/mol. The summed E-state index contributed by atoms with van der Waals surface area (Å²) in [6, 6.07) is 10.9. The van der Waals surface area contributed by atoms with E-state index in [1.165, 1.54) is 0 Å². The van der Waals surface area contributed by atoms with E-state index in [1.807, 2.05) is 34.9 Å². The third-order valence-corrected chi connectivity index (χ3v) is 4.54. The molecule has 0 amide bonds. The van der Waals surface area contributed by atoms with Crippen molar-refractivity contribution in [3.63, 3.8) is 0 Å². The van der Waals surface area contributed by atoms with E-state index in [1.54, 1.807) is 26.1 Å². The van der Waals surface area contributed by atoms with E-state index < -0.39 is 12.8 Å². The number of hydrogen-bond acceptors (Lipinski definition) is 4. The van der Waals surface area contributed by atoms with Crippen molar-refractivity contribution < 1.29 is 17.9 Å². The fraction of sp³-hybridized carbons (Fsp3) is 0.381. The number of pyridine rings is 1. The third-order valence-electron chi connectivity index (χ3n) is 4.54. The molecule has 174 valence electrons. The van der Waals surface area contributed by atoms with Gasteiger partial charge in [0.2, 0.25) is 0 Å². The number of rotatable bonds is 8. The van der Waals surface area contributed by atoms with Gasteiger partial charge in [0.05, 0.1) is 0 Å². The molecule has 0 fully saturated rings. The van der Waals surface area contributed by atoms with Gasteiger partial charge in [-0.15, -0.1) is 34.2 Å². The second kappa shape index (κ2) is 11.9. The van der Waals surface area contributed by atoms with E-state index in [9.17, 15) is 13.2 Å². The highest BCUT2D eigenvalue weighted by molar-refractivity contribution is 14.0. The first kappa shape index (κ1) is 25.7. The van der Waals surface area contributed by atoms with Crippen LogP contribution in [0.2, 0.25) is 0 Å². The highest BCUT2D eigenvalue weighted by Gasteiger charge is 2.28. The molecule has 0 atom stereocenters. The Labute approximate surface area is 201 Å². The van der Waals surface area contributed by atoms with Gasteiger partial charge >= 0.3 is 6.18 Å². The van der Waals surface area contributed by atoms with Gasteiger partial charge in [-0.2, -0.15) is 13.2 Å². The average molecular weight is 562 g/mol. The number of alkyl halides is 3. The van der Waals surface area contributed by atoms with Crippen LogP contribution in [0.25, 0.3) is 5.65 Å². The maximum absolute atomic E-state index is 12.5. The van der Waals surface area contributed by atoms with E-state index >= 15 is 0 Å². The molecule has 0 aliphatic carbocycles. The summed E-state index contributed by atoms with van der Waals surface area (Å²) in [6.45, 7) is 1.40. The second-order valence-electron chi connectivity index (χ2n) is 7.02. The van der Waals surface area contributed by atoms with Crippen molar-refractivity contribution >= 4 is 35.6 Å². The molecular formula is C21H26F3IN6O. The zero-order valence-electron chi connectivity index (χ0n) is 17.8. The Hall–Kier alpha value is -2.57. The Morgan fingerprint density at radius 3 is 2.72 bits per heavy atom. The fourth-order valence-corrected chi connectivity index (χ4v) is 3.02. The fourth-order valence-electron chi connectivity index (χ4n) is 3.02. The molecule has 2 heterocycles. The highest BCUT2D eigenvalue weighted by atomic mass is 127. The number of aromatic nitrogens is 3. The van der Waals surface area contributed by atoms with E-state index in [0.29, 0.717) is 18.1 Å². The number of nitrogens with one attached hydrogen (secondary N) is 2. The summed E-state index contributed by atoms with van der Waals surface area (Å²) >= 11 is 0. The van der Waals surface area contributed by atoms with E-state index in [0.717, 1.165) is 29.9 Å². The van der Waals surface area contributed by atoms with Crippen molar-refractivity contribution in [1.82, 2.24) is 25.2 Å². The van der Waals surface area contributed by atoms with Gasteiger partial charge in [-0.3, -0.25) is 9.39 Å². The summed E-state index contributed by atoms with van der Waals surface area (Å²) in [5, 5.41) is 14.6. The number of ether oxygens (including phenoxy) is 1. The number of aryl methyl sites for hydroxylation is 2. The van der Waals surface area contributed by atoms with Gasteiger partial charge in [-0.25, -0.2) is 0 Å². The first-order chi connectivity index (χ1) is 14.9. The smallest absolute Gasteiger partial charge is 0.422 e. The number of fused-ring (bicyclic) bond motifs is 1. The van der Waals surface area contributed by atoms with Gasteiger partial charge in [0.1, 0.15) is 11.6 Å². The standard InChI is InChI=1S/C21H25F3N6O.HI/c1-15-8-9-16(17(12-15)31-14-21(22,23)24)13-27-20(25-2)26-10-5-7-19-29-28-18-6-3-4-11-30(18)19;/h3-4,6,8-9,11-12H,5,7,10,13-14H2,1-2H3,(H2,25,26,27);1H. The van der Waals surface area contributed by atoms with E-state index in [-0.39, 0.29) is 36.3 Å². The highest BCUT2D eigenvalue weighted by Crippen LogP contribution is 2.23. The van der Waals surface area contributed by atoms with Crippen LogP contribution in [0.1, 0.15) is 23.4 Å². The van der Waals surface area contributed by atoms with Gasteiger partial charge in [0.15, 0.2) is 18.2 Å². The molecule has 0 spiro atoms. The van der Waals surface area contributed by atoms with Crippen LogP contribution in [0.5, 0.6) is 5.75 Å². The van der Waals surface area contributed by atoms with Crippen LogP contribution >= 0.6 is 24.0 Å². The lowest BCUT2D eigenvalue weighted by Crippen LogP contribution is -2.37. The van der Waals surface area contributed by atoms with Crippen molar-refractivity contribution in [3.8, 4) is 5.75 Å². The summed E-state index contributed by atoms with van der Waals surface area (Å²) in [4.78, 5) is 4.16. The monoisotopic (exact) mass is 562 g/mol. The maximum atomic E-state index is 12.5. The van der Waals surface area contributed by atoms with Crippen molar-refractivity contribution in [3.05, 3.63) is 59.5 Å². The quantitative estimate of drug-likeness (QED) is 0.189. The largest absolute Gasteiger partial charge is 0.484 e. The normalized spacial score (nSPS) is 11.8. The summed E-state index contributed by atoms with van der Waals surface area (Å²) < 4.78 is 44.5. The zero-order chi connectivity index (χ0) is 22.3. The van der Waals surface area contributed by atoms with Crippen LogP contribution in [0.3, 0.4) is 0 Å². The molecule has 0 saturated heterocycles. The van der Waals surface area contributed by atoms with E-state index in [4.69, 9.17) is 4.74 Å². The molecule has 3 aromatic rings. The Morgan fingerprint density at radius 1 is 1.16 bits per heavy atom. The first-order valence-electron chi connectivity index (χ1n) is 9.88. The van der Waals surface area contributed by atoms with Crippen LogP contribution in [-0.4, -0.2) is 46.9 Å². The molecule has 0 aliphatic heterocycles. The van der Waals surface area contributed by atoms with Crippen molar-refractivity contribution in [2.45, 2.75) is 32.5 Å². The molecular weight excluding hydrogens is 536 g/mol. The van der Waals surface area contributed by atoms with Crippen LogP contribution < -0.4 is 15.4 Å². The average Bonchev–Trinajstić information content (AvgIpc) is 3.15. The molecule has 2 aromatic heterocycles. The molecule has 0 bridgehead atoms. The Bertz CT molecular complexity index is 1040. The van der Waals surface area contributed by atoms with Gasteiger partial charge in [-0.1, -0.05) is 18.2 Å². The Kier molecular flexibility index (Phi) is 9.54. The molecule has 0 saturated carbocycles. The number of nitrogens with zero attached hydrogens (tertiary/aromatic N) is 4. The number of benzene rings is 1. The minimum Gasteiger partial charge on any atom is -0.484 e. The molecule has 3 rings (SSSR count). The third kappa shape index (κ3) is 7.53.